The van der Waals surface area contributed by atoms with E-state index >= 15 is 0 Å². The molecule has 2 amide bonds. The molecule has 0 saturated carbocycles. The molecule has 2 aliphatic rings. The molecular weight excluding hydrogens is 366 g/mol. The number of aryl methyl sites for hydroxylation is 1. The van der Waals surface area contributed by atoms with E-state index in [9.17, 15) is 9.59 Å². The topological polar surface area (TPSA) is 69.6 Å². The minimum absolute atomic E-state index is 0.203. The lowest BCUT2D eigenvalue weighted by molar-refractivity contribution is -0.136. The van der Waals surface area contributed by atoms with E-state index in [0.29, 0.717) is 43.4 Å². The van der Waals surface area contributed by atoms with Crippen molar-refractivity contribution < 1.29 is 9.59 Å². The Balaban J connectivity index is 1.64. The molecule has 1 aromatic heterocycles. The maximum Gasteiger partial charge on any atom is 0.278 e. The maximum atomic E-state index is 13.1. The number of imide groups is 1. The Morgan fingerprint density at radius 1 is 0.966 bits per heavy atom. The summed E-state index contributed by atoms with van der Waals surface area (Å²) in [6, 6.07) is 9.51. The molecule has 0 bridgehead atoms. The van der Waals surface area contributed by atoms with Crippen LogP contribution in [0.3, 0.4) is 0 Å². The van der Waals surface area contributed by atoms with Crippen molar-refractivity contribution in [2.45, 2.75) is 6.92 Å². The number of piperazine rings is 1. The van der Waals surface area contributed by atoms with Gasteiger partial charge in [-0.3, -0.25) is 14.5 Å². The minimum Gasteiger partial charge on any atom is -0.363 e. The lowest BCUT2D eigenvalue weighted by Gasteiger charge is -2.36. The normalized spacial score (nSPS) is 17.3. The van der Waals surface area contributed by atoms with Crippen molar-refractivity contribution in [2.75, 3.05) is 37.6 Å². The lowest BCUT2D eigenvalue weighted by Crippen LogP contribution is -2.48. The van der Waals surface area contributed by atoms with Gasteiger partial charge in [-0.1, -0.05) is 35.9 Å². The summed E-state index contributed by atoms with van der Waals surface area (Å²) in [5.74, 6) is 0.166. The van der Waals surface area contributed by atoms with E-state index in [1.807, 2.05) is 36.1 Å². The van der Waals surface area contributed by atoms with E-state index < -0.39 is 0 Å². The summed E-state index contributed by atoms with van der Waals surface area (Å²) >= 11 is 0. The second-order valence-corrected chi connectivity index (χ2v) is 7.12. The monoisotopic (exact) mass is 389 g/mol. The van der Waals surface area contributed by atoms with Gasteiger partial charge in [-0.05, 0) is 18.6 Å². The van der Waals surface area contributed by atoms with Crippen LogP contribution < -0.4 is 4.90 Å². The summed E-state index contributed by atoms with van der Waals surface area (Å²) in [6.45, 7) is 8.47. The van der Waals surface area contributed by atoms with Crippen molar-refractivity contribution in [1.82, 2.24) is 19.8 Å². The largest absolute Gasteiger partial charge is 0.363 e. The molecule has 0 atom stereocenters. The average molecular weight is 389 g/mol. The van der Waals surface area contributed by atoms with Crippen LogP contribution in [0.25, 0.3) is 5.57 Å². The maximum absolute atomic E-state index is 13.1. The minimum atomic E-state index is -0.262. The zero-order chi connectivity index (χ0) is 20.4. The number of carbonyl (C=O) groups is 2. The van der Waals surface area contributed by atoms with E-state index in [0.717, 1.165) is 11.1 Å². The van der Waals surface area contributed by atoms with Crippen LogP contribution >= 0.6 is 0 Å². The van der Waals surface area contributed by atoms with Gasteiger partial charge < -0.3 is 9.80 Å². The molecule has 29 heavy (non-hydrogen) atoms. The molecule has 0 N–H and O–H groups in total. The molecule has 1 saturated heterocycles. The smallest absolute Gasteiger partial charge is 0.278 e. The number of aromatic nitrogens is 2. The molecule has 0 radical (unpaired) electrons. The molecular formula is C22H23N5O2. The van der Waals surface area contributed by atoms with E-state index in [2.05, 4.69) is 21.4 Å². The Morgan fingerprint density at radius 2 is 1.59 bits per heavy atom. The molecule has 0 spiro atoms. The van der Waals surface area contributed by atoms with Crippen LogP contribution in [0, 0.1) is 6.92 Å². The molecule has 0 aliphatic carbocycles. The molecule has 4 rings (SSSR count). The number of benzene rings is 1. The second-order valence-electron chi connectivity index (χ2n) is 7.12. The Kier molecular flexibility index (Phi) is 5.12. The third kappa shape index (κ3) is 3.51. The predicted octanol–water partition coefficient (Wildman–Crippen LogP) is 1.87. The number of rotatable bonds is 5. The van der Waals surface area contributed by atoms with Crippen LogP contribution in [0.4, 0.5) is 5.95 Å². The fraction of sp³-hybridized carbons (Fsp3) is 0.273. The Labute approximate surface area is 170 Å². The van der Waals surface area contributed by atoms with E-state index in [4.69, 9.17) is 0 Å². The van der Waals surface area contributed by atoms with Gasteiger partial charge in [-0.25, -0.2) is 9.97 Å². The summed E-state index contributed by atoms with van der Waals surface area (Å²) in [4.78, 5) is 40.2. The zero-order valence-electron chi connectivity index (χ0n) is 16.4. The van der Waals surface area contributed by atoms with Crippen molar-refractivity contribution in [3.8, 4) is 0 Å². The van der Waals surface area contributed by atoms with Crippen LogP contribution in [-0.4, -0.2) is 64.3 Å². The first-order chi connectivity index (χ1) is 14.1. The SMILES string of the molecule is C=CCN1C(=O)C(c2ccc(C)cc2)=C(N2CCN(c3ncccn3)CC2)C1=O. The van der Waals surface area contributed by atoms with Gasteiger partial charge in [0, 0.05) is 45.1 Å². The van der Waals surface area contributed by atoms with Crippen molar-refractivity contribution in [1.29, 1.82) is 0 Å². The molecule has 2 aromatic rings. The van der Waals surface area contributed by atoms with Gasteiger partial charge in [0.15, 0.2) is 0 Å². The van der Waals surface area contributed by atoms with Crippen LogP contribution in [0.5, 0.6) is 0 Å². The number of hydrogen-bond acceptors (Lipinski definition) is 6. The summed E-state index contributed by atoms with van der Waals surface area (Å²) in [7, 11) is 0. The van der Waals surface area contributed by atoms with Crippen molar-refractivity contribution in [2.24, 2.45) is 0 Å². The van der Waals surface area contributed by atoms with Gasteiger partial charge in [0.25, 0.3) is 11.8 Å². The number of anilines is 1. The Hall–Kier alpha value is -3.48. The van der Waals surface area contributed by atoms with Gasteiger partial charge in [0.1, 0.15) is 5.70 Å². The van der Waals surface area contributed by atoms with Crippen molar-refractivity contribution >= 4 is 23.3 Å². The number of carbonyl (C=O) groups excluding carboxylic acids is 2. The van der Waals surface area contributed by atoms with Gasteiger partial charge in [0.05, 0.1) is 5.57 Å². The zero-order valence-corrected chi connectivity index (χ0v) is 16.4. The van der Waals surface area contributed by atoms with Crippen LogP contribution in [0.15, 0.2) is 61.1 Å². The first-order valence-electron chi connectivity index (χ1n) is 9.65. The molecule has 1 aromatic carbocycles. The fourth-order valence-corrected chi connectivity index (χ4v) is 3.72. The summed E-state index contributed by atoms with van der Waals surface area (Å²) in [6.07, 6.45) is 5.02. The van der Waals surface area contributed by atoms with Crippen LogP contribution in [-0.2, 0) is 9.59 Å². The molecule has 0 unspecified atom stereocenters. The van der Waals surface area contributed by atoms with Crippen molar-refractivity contribution in [3.05, 3.63) is 72.2 Å². The van der Waals surface area contributed by atoms with E-state index in [1.54, 1.807) is 24.5 Å². The third-order valence-corrected chi connectivity index (χ3v) is 5.23. The van der Waals surface area contributed by atoms with Gasteiger partial charge in [-0.15, -0.1) is 6.58 Å². The highest BCUT2D eigenvalue weighted by Gasteiger charge is 2.41. The Bertz CT molecular complexity index is 960. The van der Waals surface area contributed by atoms with Gasteiger partial charge in [0.2, 0.25) is 5.95 Å². The molecule has 7 heteroatoms. The molecule has 2 aliphatic heterocycles. The standard InChI is InChI=1S/C22H23N5O2/c1-3-11-27-20(28)18(17-7-5-16(2)6-8-17)19(21(27)29)25-12-14-26(15-13-25)22-23-9-4-10-24-22/h3-10H,1,11-15H2,2H3. The van der Waals surface area contributed by atoms with Crippen molar-refractivity contribution in [3.63, 3.8) is 0 Å². The lowest BCUT2D eigenvalue weighted by atomic mass is 10.0. The highest BCUT2D eigenvalue weighted by molar-refractivity contribution is 6.35. The predicted molar refractivity (Wildman–Crippen MR) is 111 cm³/mol. The van der Waals surface area contributed by atoms with Gasteiger partial charge in [-0.2, -0.15) is 0 Å². The molecule has 1 fully saturated rings. The van der Waals surface area contributed by atoms with Crippen LogP contribution in [0.1, 0.15) is 11.1 Å². The summed E-state index contributed by atoms with van der Waals surface area (Å²) < 4.78 is 0. The first kappa shape index (κ1) is 18.9. The van der Waals surface area contributed by atoms with E-state index in [-0.39, 0.29) is 18.4 Å². The quantitative estimate of drug-likeness (QED) is 0.574. The third-order valence-electron chi connectivity index (χ3n) is 5.23. The van der Waals surface area contributed by atoms with Gasteiger partial charge >= 0.3 is 0 Å². The second kappa shape index (κ2) is 7.87. The molecule has 148 valence electrons. The number of amides is 2. The summed E-state index contributed by atoms with van der Waals surface area (Å²) in [5, 5.41) is 0. The highest BCUT2D eigenvalue weighted by atomic mass is 16.2. The average Bonchev–Trinajstić information content (AvgIpc) is 3.00. The molecule has 3 heterocycles. The Morgan fingerprint density at radius 3 is 2.21 bits per heavy atom. The fourth-order valence-electron chi connectivity index (χ4n) is 3.72. The van der Waals surface area contributed by atoms with Crippen LogP contribution in [0.2, 0.25) is 0 Å². The number of nitrogens with zero attached hydrogens (tertiary/aromatic N) is 5. The summed E-state index contributed by atoms with van der Waals surface area (Å²) in [5.41, 5.74) is 2.83. The first-order valence-corrected chi connectivity index (χ1v) is 9.65. The van der Waals surface area contributed by atoms with E-state index in [1.165, 1.54) is 4.90 Å². The molecule has 7 nitrogen and oxygen atoms in total. The number of hydrogen-bond donors (Lipinski definition) is 0. The highest BCUT2D eigenvalue weighted by Crippen LogP contribution is 2.32.